The smallest absolute Gasteiger partial charge is 0.343 e. The zero-order chi connectivity index (χ0) is 25.6. The van der Waals surface area contributed by atoms with Crippen LogP contribution in [0.4, 0.5) is 4.39 Å². The zero-order valence-electron chi connectivity index (χ0n) is 21.8. The van der Waals surface area contributed by atoms with Gasteiger partial charge in [-0.2, -0.15) is 0 Å². The zero-order valence-corrected chi connectivity index (χ0v) is 21.8. The summed E-state index contributed by atoms with van der Waals surface area (Å²) in [5.41, 5.74) is 3.02. The van der Waals surface area contributed by atoms with Crippen LogP contribution in [0.25, 0.3) is 11.4 Å². The number of aromatic nitrogens is 2. The Morgan fingerprint density at radius 1 is 0.778 bits per heavy atom. The molecular weight excluding hydrogens is 451 g/mol. The Morgan fingerprint density at radius 2 is 1.39 bits per heavy atom. The number of hydrogen-bond acceptors (Lipinski definition) is 4. The molecule has 0 saturated heterocycles. The van der Waals surface area contributed by atoms with Crippen molar-refractivity contribution in [1.82, 2.24) is 9.97 Å². The highest BCUT2D eigenvalue weighted by atomic mass is 19.1. The van der Waals surface area contributed by atoms with Gasteiger partial charge in [-0.25, -0.2) is 19.2 Å². The van der Waals surface area contributed by atoms with E-state index in [1.54, 1.807) is 36.4 Å². The highest BCUT2D eigenvalue weighted by Gasteiger charge is 2.12. The number of ether oxygens (including phenoxy) is 1. The molecule has 1 heterocycles. The van der Waals surface area contributed by atoms with Crippen molar-refractivity contribution >= 4 is 5.97 Å². The van der Waals surface area contributed by atoms with Crippen LogP contribution >= 0.6 is 0 Å². The number of halogens is 1. The number of rotatable bonds is 15. The van der Waals surface area contributed by atoms with Crippen LogP contribution in [0.3, 0.4) is 0 Å². The molecule has 4 nitrogen and oxygen atoms in total. The van der Waals surface area contributed by atoms with Crippen molar-refractivity contribution in [3.05, 3.63) is 77.4 Å². The molecule has 0 amide bonds. The molecule has 0 bridgehead atoms. The molecule has 3 aromatic rings. The maximum Gasteiger partial charge on any atom is 0.343 e. The van der Waals surface area contributed by atoms with E-state index in [0.29, 0.717) is 23.4 Å². The molecule has 0 atom stereocenters. The lowest BCUT2D eigenvalue weighted by Gasteiger charge is -2.08. The molecule has 0 spiro atoms. The molecule has 0 aliphatic rings. The fourth-order valence-electron chi connectivity index (χ4n) is 4.20. The van der Waals surface area contributed by atoms with Gasteiger partial charge in [0.2, 0.25) is 0 Å². The summed E-state index contributed by atoms with van der Waals surface area (Å²) in [7, 11) is 0. The molecule has 0 unspecified atom stereocenters. The number of hydrogen-bond donors (Lipinski definition) is 0. The Labute approximate surface area is 215 Å². The van der Waals surface area contributed by atoms with Gasteiger partial charge in [-0.15, -0.1) is 0 Å². The van der Waals surface area contributed by atoms with Gasteiger partial charge in [-0.05, 0) is 55.0 Å². The molecule has 0 N–H and O–H groups in total. The molecule has 192 valence electrons. The Hall–Kier alpha value is -3.08. The number of esters is 1. The summed E-state index contributed by atoms with van der Waals surface area (Å²) in [6.45, 7) is 4.36. The fraction of sp³-hybridized carbons (Fsp3) is 0.452. The van der Waals surface area contributed by atoms with Crippen LogP contribution in [0.1, 0.15) is 99.5 Å². The number of nitrogens with zero attached hydrogens (tertiary/aromatic N) is 2. The molecule has 0 saturated carbocycles. The standard InChI is InChI=1S/C31H39FN2O2/c1-3-5-7-8-9-10-12-13-24-22-33-30(34-23-24)26-15-17-27(18-16-26)31(35)36-28-20-19-25(29(32)21-28)14-11-6-4-2/h15-23H,3-14H2,1-2H3. The maximum absolute atomic E-state index is 14.3. The van der Waals surface area contributed by atoms with Gasteiger partial charge in [0.05, 0.1) is 5.56 Å². The van der Waals surface area contributed by atoms with E-state index in [9.17, 15) is 9.18 Å². The molecule has 3 rings (SSSR count). The Kier molecular flexibility index (Phi) is 11.6. The van der Waals surface area contributed by atoms with Gasteiger partial charge in [0, 0.05) is 24.0 Å². The van der Waals surface area contributed by atoms with E-state index in [0.717, 1.165) is 43.2 Å². The SMILES string of the molecule is CCCCCCCCCc1cnc(-c2ccc(C(=O)Oc3ccc(CCCCC)c(F)c3)cc2)nc1. The van der Waals surface area contributed by atoms with Gasteiger partial charge in [0.25, 0.3) is 0 Å². The van der Waals surface area contributed by atoms with Crippen molar-refractivity contribution in [1.29, 1.82) is 0 Å². The van der Waals surface area contributed by atoms with Gasteiger partial charge in [-0.1, -0.05) is 83.4 Å². The largest absolute Gasteiger partial charge is 0.423 e. The van der Waals surface area contributed by atoms with Crippen LogP contribution in [-0.4, -0.2) is 15.9 Å². The fourth-order valence-corrected chi connectivity index (χ4v) is 4.20. The predicted molar refractivity (Wildman–Crippen MR) is 144 cm³/mol. The normalized spacial score (nSPS) is 11.0. The molecule has 36 heavy (non-hydrogen) atoms. The summed E-state index contributed by atoms with van der Waals surface area (Å²) in [5.74, 6) is -0.0235. The first-order valence-electron chi connectivity index (χ1n) is 13.5. The van der Waals surface area contributed by atoms with E-state index in [1.165, 1.54) is 44.6 Å². The number of benzene rings is 2. The second kappa shape index (κ2) is 15.1. The van der Waals surface area contributed by atoms with E-state index in [-0.39, 0.29) is 11.6 Å². The summed E-state index contributed by atoms with van der Waals surface area (Å²) >= 11 is 0. The quantitative estimate of drug-likeness (QED) is 0.122. The number of aryl methyl sites for hydroxylation is 2. The van der Waals surface area contributed by atoms with Crippen molar-refractivity contribution in [3.63, 3.8) is 0 Å². The second-order valence-electron chi connectivity index (χ2n) is 9.46. The lowest BCUT2D eigenvalue weighted by molar-refractivity contribution is 0.0734. The topological polar surface area (TPSA) is 52.1 Å². The number of unbranched alkanes of at least 4 members (excludes halogenated alkanes) is 8. The van der Waals surface area contributed by atoms with Crippen LogP contribution in [0, 0.1) is 5.82 Å². The average molecular weight is 491 g/mol. The van der Waals surface area contributed by atoms with E-state index in [4.69, 9.17) is 4.74 Å². The van der Waals surface area contributed by atoms with E-state index in [1.807, 2.05) is 12.4 Å². The number of carbonyl (C=O) groups is 1. The van der Waals surface area contributed by atoms with Crippen molar-refractivity contribution in [3.8, 4) is 17.1 Å². The van der Waals surface area contributed by atoms with Gasteiger partial charge in [0.15, 0.2) is 5.82 Å². The maximum atomic E-state index is 14.3. The van der Waals surface area contributed by atoms with Crippen LogP contribution in [0.5, 0.6) is 5.75 Å². The molecule has 0 radical (unpaired) electrons. The lowest BCUT2D eigenvalue weighted by Crippen LogP contribution is -2.09. The van der Waals surface area contributed by atoms with Crippen LogP contribution in [0.2, 0.25) is 0 Å². The molecule has 0 aliphatic carbocycles. The molecule has 1 aromatic heterocycles. The summed E-state index contributed by atoms with van der Waals surface area (Å²) in [5, 5.41) is 0. The molecular formula is C31H39FN2O2. The van der Waals surface area contributed by atoms with E-state index >= 15 is 0 Å². The third-order valence-electron chi connectivity index (χ3n) is 6.44. The summed E-state index contributed by atoms with van der Waals surface area (Å²) in [4.78, 5) is 21.5. The minimum Gasteiger partial charge on any atom is -0.423 e. The highest BCUT2D eigenvalue weighted by molar-refractivity contribution is 5.91. The van der Waals surface area contributed by atoms with Gasteiger partial charge in [0.1, 0.15) is 11.6 Å². The summed E-state index contributed by atoms with van der Waals surface area (Å²) in [6.07, 6.45) is 17.6. The lowest BCUT2D eigenvalue weighted by atomic mass is 10.1. The average Bonchev–Trinajstić information content (AvgIpc) is 2.90. The first-order valence-corrected chi connectivity index (χ1v) is 13.5. The van der Waals surface area contributed by atoms with Gasteiger partial charge in [-0.3, -0.25) is 0 Å². The first-order chi connectivity index (χ1) is 17.6. The first kappa shape index (κ1) is 27.5. The van der Waals surface area contributed by atoms with Gasteiger partial charge < -0.3 is 4.74 Å². The minimum absolute atomic E-state index is 0.209. The van der Waals surface area contributed by atoms with Crippen LogP contribution < -0.4 is 4.74 Å². The third kappa shape index (κ3) is 8.85. The monoisotopic (exact) mass is 490 g/mol. The third-order valence-corrected chi connectivity index (χ3v) is 6.44. The van der Waals surface area contributed by atoms with Crippen LogP contribution in [-0.2, 0) is 12.8 Å². The van der Waals surface area contributed by atoms with Crippen molar-refractivity contribution in [2.45, 2.75) is 90.9 Å². The Bertz CT molecular complexity index is 1060. The Morgan fingerprint density at radius 3 is 2.06 bits per heavy atom. The molecule has 2 aromatic carbocycles. The molecule has 0 fully saturated rings. The van der Waals surface area contributed by atoms with Crippen LogP contribution in [0.15, 0.2) is 54.9 Å². The highest BCUT2D eigenvalue weighted by Crippen LogP contribution is 2.21. The van der Waals surface area contributed by atoms with Crippen molar-refractivity contribution in [2.75, 3.05) is 0 Å². The summed E-state index contributed by atoms with van der Waals surface area (Å²) < 4.78 is 19.7. The van der Waals surface area contributed by atoms with Crippen molar-refractivity contribution < 1.29 is 13.9 Å². The second-order valence-corrected chi connectivity index (χ2v) is 9.46. The molecule has 0 aliphatic heterocycles. The van der Waals surface area contributed by atoms with Gasteiger partial charge >= 0.3 is 5.97 Å². The summed E-state index contributed by atoms with van der Waals surface area (Å²) in [6, 6.07) is 11.6. The Balaban J connectivity index is 1.49. The van der Waals surface area contributed by atoms with Crippen molar-refractivity contribution in [2.24, 2.45) is 0 Å². The van der Waals surface area contributed by atoms with E-state index in [2.05, 4.69) is 23.8 Å². The molecule has 5 heteroatoms. The van der Waals surface area contributed by atoms with E-state index < -0.39 is 5.97 Å². The predicted octanol–water partition coefficient (Wildman–Crippen LogP) is 8.53. The minimum atomic E-state index is -0.523. The number of carbonyl (C=O) groups excluding carboxylic acids is 1.